The van der Waals surface area contributed by atoms with E-state index in [0.29, 0.717) is 17.8 Å². The molecular weight excluding hydrogens is 330 g/mol. The summed E-state index contributed by atoms with van der Waals surface area (Å²) in [4.78, 5) is 23.9. The van der Waals surface area contributed by atoms with E-state index >= 15 is 0 Å². The molecule has 1 amide bonds. The SMILES string of the molecule is O=C(c1cnn2cccnc12)N1CCC[C@@H](c2ccc3cn[nH]c3n2)C1. The molecule has 0 spiro atoms. The normalized spacial score (nSPS) is 17.8. The second-order valence-corrected chi connectivity index (χ2v) is 6.58. The minimum atomic E-state index is -0.0222. The van der Waals surface area contributed by atoms with Crippen LogP contribution in [0.3, 0.4) is 0 Å². The van der Waals surface area contributed by atoms with Crippen molar-refractivity contribution in [3.05, 3.63) is 54.2 Å². The van der Waals surface area contributed by atoms with Gasteiger partial charge < -0.3 is 4.90 Å². The Morgan fingerprint density at radius 1 is 1.27 bits per heavy atom. The zero-order valence-corrected chi connectivity index (χ0v) is 14.0. The number of piperidine rings is 1. The van der Waals surface area contributed by atoms with Crippen LogP contribution in [-0.4, -0.2) is 53.7 Å². The molecule has 1 aliphatic heterocycles. The molecule has 1 aliphatic rings. The molecule has 1 atom stereocenters. The topological polar surface area (TPSA) is 92.1 Å². The molecule has 0 bridgehead atoms. The molecule has 0 unspecified atom stereocenters. The number of nitrogens with one attached hydrogen (secondary N) is 1. The second-order valence-electron chi connectivity index (χ2n) is 6.58. The molecule has 1 saturated heterocycles. The smallest absolute Gasteiger partial charge is 0.259 e. The van der Waals surface area contributed by atoms with Crippen LogP contribution in [0, 0.1) is 0 Å². The van der Waals surface area contributed by atoms with Gasteiger partial charge in [-0.3, -0.25) is 9.89 Å². The van der Waals surface area contributed by atoms with Gasteiger partial charge in [0.05, 0.1) is 12.4 Å². The van der Waals surface area contributed by atoms with Gasteiger partial charge >= 0.3 is 0 Å². The van der Waals surface area contributed by atoms with Crippen molar-refractivity contribution in [3.8, 4) is 0 Å². The molecule has 0 radical (unpaired) electrons. The fourth-order valence-electron chi connectivity index (χ4n) is 3.62. The number of aromatic nitrogens is 6. The van der Waals surface area contributed by atoms with Gasteiger partial charge in [-0.05, 0) is 31.0 Å². The summed E-state index contributed by atoms with van der Waals surface area (Å²) in [6.07, 6.45) is 8.80. The Balaban J connectivity index is 1.42. The van der Waals surface area contributed by atoms with E-state index in [4.69, 9.17) is 0 Å². The minimum Gasteiger partial charge on any atom is -0.338 e. The number of nitrogens with zero attached hydrogens (tertiary/aromatic N) is 6. The number of hydrogen-bond donors (Lipinski definition) is 1. The molecule has 0 saturated carbocycles. The molecule has 130 valence electrons. The summed E-state index contributed by atoms with van der Waals surface area (Å²) in [7, 11) is 0. The van der Waals surface area contributed by atoms with Crippen molar-refractivity contribution in [2.24, 2.45) is 0 Å². The fraction of sp³-hybridized carbons (Fsp3) is 0.278. The van der Waals surface area contributed by atoms with Gasteiger partial charge in [0.15, 0.2) is 11.3 Å². The Labute approximate surface area is 148 Å². The molecule has 5 heterocycles. The van der Waals surface area contributed by atoms with Crippen LogP contribution >= 0.6 is 0 Å². The summed E-state index contributed by atoms with van der Waals surface area (Å²) in [6, 6.07) is 5.85. The maximum Gasteiger partial charge on any atom is 0.259 e. The van der Waals surface area contributed by atoms with E-state index in [0.717, 1.165) is 36.1 Å². The largest absolute Gasteiger partial charge is 0.338 e. The summed E-state index contributed by atoms with van der Waals surface area (Å²) in [5.41, 5.74) is 2.93. The highest BCUT2D eigenvalue weighted by Gasteiger charge is 2.28. The summed E-state index contributed by atoms with van der Waals surface area (Å²) in [6.45, 7) is 1.39. The van der Waals surface area contributed by atoms with Gasteiger partial charge in [0.1, 0.15) is 5.56 Å². The lowest BCUT2D eigenvalue weighted by Gasteiger charge is -2.32. The van der Waals surface area contributed by atoms with Crippen molar-refractivity contribution in [2.45, 2.75) is 18.8 Å². The van der Waals surface area contributed by atoms with E-state index in [1.165, 1.54) is 0 Å². The van der Waals surface area contributed by atoms with Gasteiger partial charge in [0, 0.05) is 42.5 Å². The molecular formula is C18H17N7O. The summed E-state index contributed by atoms with van der Waals surface area (Å²) >= 11 is 0. The van der Waals surface area contributed by atoms with Crippen molar-refractivity contribution in [1.29, 1.82) is 0 Å². The fourth-order valence-corrected chi connectivity index (χ4v) is 3.62. The van der Waals surface area contributed by atoms with Crippen LogP contribution in [0.25, 0.3) is 16.7 Å². The lowest BCUT2D eigenvalue weighted by atomic mass is 9.93. The number of pyridine rings is 1. The first kappa shape index (κ1) is 15.0. The van der Waals surface area contributed by atoms with E-state index in [2.05, 4.69) is 25.3 Å². The van der Waals surface area contributed by atoms with Gasteiger partial charge in [-0.25, -0.2) is 14.5 Å². The van der Waals surface area contributed by atoms with Crippen molar-refractivity contribution < 1.29 is 4.79 Å². The van der Waals surface area contributed by atoms with Gasteiger partial charge in [0.2, 0.25) is 0 Å². The van der Waals surface area contributed by atoms with E-state index in [-0.39, 0.29) is 11.8 Å². The standard InChI is InChI=1S/C18H17N7O/c26-18(14-10-21-25-8-2-6-19-17(14)25)24-7-1-3-13(11-24)15-5-4-12-9-20-23-16(12)22-15/h2,4-6,8-10,13H,1,3,7,11H2,(H,20,22,23)/t13-/m1/s1. The summed E-state index contributed by atoms with van der Waals surface area (Å²) in [5, 5.41) is 12.2. The first-order chi connectivity index (χ1) is 12.8. The third-order valence-corrected chi connectivity index (χ3v) is 4.96. The number of H-pyrrole nitrogens is 1. The molecule has 0 aliphatic carbocycles. The van der Waals surface area contributed by atoms with Gasteiger partial charge in [-0.15, -0.1) is 0 Å². The predicted octanol–water partition coefficient (Wildman–Crippen LogP) is 2.02. The van der Waals surface area contributed by atoms with Crippen LogP contribution in [0.5, 0.6) is 0 Å². The molecule has 1 N–H and O–H groups in total. The van der Waals surface area contributed by atoms with E-state index < -0.39 is 0 Å². The first-order valence-electron chi connectivity index (χ1n) is 8.67. The number of aromatic amines is 1. The van der Waals surface area contributed by atoms with Gasteiger partial charge in [-0.1, -0.05) is 0 Å². The first-order valence-corrected chi connectivity index (χ1v) is 8.67. The zero-order chi connectivity index (χ0) is 17.5. The average Bonchev–Trinajstić information content (AvgIpc) is 3.33. The highest BCUT2D eigenvalue weighted by Crippen LogP contribution is 2.28. The lowest BCUT2D eigenvalue weighted by Crippen LogP contribution is -2.39. The highest BCUT2D eigenvalue weighted by atomic mass is 16.2. The predicted molar refractivity (Wildman–Crippen MR) is 94.8 cm³/mol. The number of hydrogen-bond acceptors (Lipinski definition) is 5. The molecule has 4 aromatic heterocycles. The Hall–Kier alpha value is -3.29. The molecule has 5 rings (SSSR count). The molecule has 8 nitrogen and oxygen atoms in total. The Kier molecular flexibility index (Phi) is 3.41. The second kappa shape index (κ2) is 5.91. The molecule has 1 fully saturated rings. The maximum absolute atomic E-state index is 13.0. The number of carbonyl (C=O) groups excluding carboxylic acids is 1. The number of carbonyl (C=O) groups is 1. The minimum absolute atomic E-state index is 0.0222. The van der Waals surface area contributed by atoms with Gasteiger partial charge in [-0.2, -0.15) is 10.2 Å². The van der Waals surface area contributed by atoms with Crippen molar-refractivity contribution in [2.75, 3.05) is 13.1 Å². The number of likely N-dealkylation sites (tertiary alicyclic amines) is 1. The maximum atomic E-state index is 13.0. The Morgan fingerprint density at radius 2 is 2.23 bits per heavy atom. The van der Waals surface area contributed by atoms with Crippen LogP contribution in [0.2, 0.25) is 0 Å². The average molecular weight is 347 g/mol. The summed E-state index contributed by atoms with van der Waals surface area (Å²) < 4.78 is 1.63. The Bertz CT molecular complexity index is 1100. The van der Waals surface area contributed by atoms with Crippen LogP contribution in [0.15, 0.2) is 43.0 Å². The molecule has 4 aromatic rings. The van der Waals surface area contributed by atoms with E-state index in [1.807, 2.05) is 17.0 Å². The number of amides is 1. The van der Waals surface area contributed by atoms with Gasteiger partial charge in [0.25, 0.3) is 5.91 Å². The molecule has 8 heteroatoms. The van der Waals surface area contributed by atoms with Crippen molar-refractivity contribution in [1.82, 2.24) is 34.7 Å². The van der Waals surface area contributed by atoms with E-state index in [1.54, 1.807) is 35.4 Å². The Morgan fingerprint density at radius 3 is 3.19 bits per heavy atom. The number of fused-ring (bicyclic) bond motifs is 2. The van der Waals surface area contributed by atoms with E-state index in [9.17, 15) is 4.79 Å². The van der Waals surface area contributed by atoms with Crippen molar-refractivity contribution in [3.63, 3.8) is 0 Å². The highest BCUT2D eigenvalue weighted by molar-refractivity contribution is 5.99. The van der Waals surface area contributed by atoms with Crippen LogP contribution in [-0.2, 0) is 0 Å². The summed E-state index contributed by atoms with van der Waals surface area (Å²) in [5.74, 6) is 0.196. The number of rotatable bonds is 2. The third-order valence-electron chi connectivity index (χ3n) is 4.96. The third kappa shape index (κ3) is 2.42. The van der Waals surface area contributed by atoms with Crippen LogP contribution in [0.4, 0.5) is 0 Å². The lowest BCUT2D eigenvalue weighted by molar-refractivity contribution is 0.0707. The molecule has 0 aromatic carbocycles. The quantitative estimate of drug-likeness (QED) is 0.599. The van der Waals surface area contributed by atoms with Crippen molar-refractivity contribution >= 4 is 22.6 Å². The van der Waals surface area contributed by atoms with Crippen LogP contribution in [0.1, 0.15) is 34.8 Å². The molecule has 26 heavy (non-hydrogen) atoms. The van der Waals surface area contributed by atoms with Crippen LogP contribution < -0.4 is 0 Å². The monoisotopic (exact) mass is 347 g/mol. The zero-order valence-electron chi connectivity index (χ0n) is 14.0.